The maximum atomic E-state index is 12.6. The number of carbonyl (C=O) groups is 1. The molecular formula is C21H25N3O3S2. The number of hydrogen-bond donors (Lipinski definition) is 0. The van der Waals surface area contributed by atoms with E-state index in [1.807, 2.05) is 0 Å². The number of sulfone groups is 1. The zero-order valence-corrected chi connectivity index (χ0v) is 18.1. The van der Waals surface area contributed by atoms with Crippen molar-refractivity contribution in [2.75, 3.05) is 38.5 Å². The fourth-order valence-corrected chi connectivity index (χ4v) is 5.94. The molecule has 6 nitrogen and oxygen atoms in total. The molecule has 2 aliphatic rings. The van der Waals surface area contributed by atoms with Gasteiger partial charge in [-0.05, 0) is 30.5 Å². The van der Waals surface area contributed by atoms with E-state index in [1.54, 1.807) is 34.4 Å². The second kappa shape index (κ2) is 8.20. The average molecular weight is 432 g/mol. The van der Waals surface area contributed by atoms with Gasteiger partial charge in [-0.25, -0.2) is 8.42 Å². The van der Waals surface area contributed by atoms with Gasteiger partial charge in [0.25, 0.3) is 0 Å². The number of fused-ring (bicyclic) bond motifs is 1. The first-order valence-corrected chi connectivity index (χ1v) is 12.3. The van der Waals surface area contributed by atoms with Crippen molar-refractivity contribution in [3.05, 3.63) is 58.4 Å². The quantitative estimate of drug-likeness (QED) is 0.728. The molecule has 0 N–H and O–H groups in total. The van der Waals surface area contributed by atoms with Crippen LogP contribution in [0, 0.1) is 0 Å². The molecule has 29 heavy (non-hydrogen) atoms. The third-order valence-electron chi connectivity index (χ3n) is 5.47. The number of thiophene rings is 1. The monoisotopic (exact) mass is 431 g/mol. The van der Waals surface area contributed by atoms with Gasteiger partial charge in [0.05, 0.1) is 17.1 Å². The van der Waals surface area contributed by atoms with E-state index < -0.39 is 15.6 Å². The SMILES string of the molecule is CCN1C=C(N2CCN(C(=O)CS(=O)(=O)c3ccccc3)CC2)c2ccsc2C1. The zero-order chi connectivity index (χ0) is 20.4. The molecule has 2 aromatic rings. The molecule has 2 aliphatic heterocycles. The number of benzene rings is 1. The maximum Gasteiger partial charge on any atom is 0.238 e. The summed E-state index contributed by atoms with van der Waals surface area (Å²) in [5, 5.41) is 2.13. The van der Waals surface area contributed by atoms with Gasteiger partial charge in [0.15, 0.2) is 9.84 Å². The van der Waals surface area contributed by atoms with Gasteiger partial charge >= 0.3 is 0 Å². The van der Waals surface area contributed by atoms with Crippen LogP contribution in [-0.2, 0) is 21.2 Å². The minimum absolute atomic E-state index is 0.198. The van der Waals surface area contributed by atoms with E-state index >= 15 is 0 Å². The predicted molar refractivity (Wildman–Crippen MR) is 115 cm³/mol. The summed E-state index contributed by atoms with van der Waals surface area (Å²) in [6, 6.07) is 10.3. The van der Waals surface area contributed by atoms with E-state index in [0.717, 1.165) is 13.1 Å². The highest BCUT2D eigenvalue weighted by Gasteiger charge is 2.29. The Morgan fingerprint density at radius 1 is 1.07 bits per heavy atom. The highest BCUT2D eigenvalue weighted by Crippen LogP contribution is 2.33. The summed E-state index contributed by atoms with van der Waals surface area (Å²) in [6.45, 7) is 6.53. The molecule has 3 heterocycles. The zero-order valence-electron chi connectivity index (χ0n) is 16.5. The predicted octanol–water partition coefficient (Wildman–Crippen LogP) is 2.50. The number of amides is 1. The Labute approximate surface area is 176 Å². The first-order valence-electron chi connectivity index (χ1n) is 9.81. The van der Waals surface area contributed by atoms with E-state index in [0.29, 0.717) is 26.2 Å². The van der Waals surface area contributed by atoms with Crippen molar-refractivity contribution in [1.82, 2.24) is 14.7 Å². The van der Waals surface area contributed by atoms with Crippen LogP contribution in [0.4, 0.5) is 0 Å². The van der Waals surface area contributed by atoms with E-state index in [4.69, 9.17) is 0 Å². The molecule has 0 aliphatic carbocycles. The molecule has 1 aromatic heterocycles. The van der Waals surface area contributed by atoms with Crippen molar-refractivity contribution in [2.24, 2.45) is 0 Å². The van der Waals surface area contributed by atoms with Crippen molar-refractivity contribution < 1.29 is 13.2 Å². The molecule has 0 saturated carbocycles. The Kier molecular flexibility index (Phi) is 5.65. The minimum atomic E-state index is -3.61. The van der Waals surface area contributed by atoms with Crippen LogP contribution in [0.5, 0.6) is 0 Å². The van der Waals surface area contributed by atoms with Gasteiger partial charge < -0.3 is 14.7 Å². The molecular weight excluding hydrogens is 406 g/mol. The summed E-state index contributed by atoms with van der Waals surface area (Å²) in [5.41, 5.74) is 2.49. The summed E-state index contributed by atoms with van der Waals surface area (Å²) < 4.78 is 25.0. The van der Waals surface area contributed by atoms with Gasteiger partial charge in [0, 0.05) is 49.4 Å². The summed E-state index contributed by atoms with van der Waals surface area (Å²) in [7, 11) is -3.61. The summed E-state index contributed by atoms with van der Waals surface area (Å²) in [5.74, 6) is -0.796. The Balaban J connectivity index is 1.41. The van der Waals surface area contributed by atoms with Gasteiger partial charge in [-0.3, -0.25) is 4.79 Å². The van der Waals surface area contributed by atoms with Crippen molar-refractivity contribution in [2.45, 2.75) is 18.4 Å². The van der Waals surface area contributed by atoms with Crippen LogP contribution < -0.4 is 0 Å². The molecule has 1 fully saturated rings. The van der Waals surface area contributed by atoms with Crippen LogP contribution in [-0.4, -0.2) is 67.5 Å². The van der Waals surface area contributed by atoms with Crippen LogP contribution in [0.15, 0.2) is 52.9 Å². The van der Waals surface area contributed by atoms with Crippen LogP contribution in [0.1, 0.15) is 17.4 Å². The van der Waals surface area contributed by atoms with Crippen molar-refractivity contribution in [1.29, 1.82) is 0 Å². The average Bonchev–Trinajstić information content (AvgIpc) is 3.22. The molecule has 0 atom stereocenters. The molecule has 1 saturated heterocycles. The largest absolute Gasteiger partial charge is 0.371 e. The lowest BCUT2D eigenvalue weighted by molar-refractivity contribution is -0.129. The Hall–Kier alpha value is -2.32. The summed E-state index contributed by atoms with van der Waals surface area (Å²) in [4.78, 5) is 20.5. The number of piperazine rings is 1. The first kappa shape index (κ1) is 20.0. The number of hydrogen-bond acceptors (Lipinski definition) is 6. The van der Waals surface area contributed by atoms with Crippen LogP contribution >= 0.6 is 11.3 Å². The molecule has 8 heteroatoms. The van der Waals surface area contributed by atoms with Gasteiger partial charge in [0.1, 0.15) is 5.75 Å². The third kappa shape index (κ3) is 4.18. The normalized spacial score (nSPS) is 17.1. The van der Waals surface area contributed by atoms with Gasteiger partial charge in [-0.15, -0.1) is 11.3 Å². The highest BCUT2D eigenvalue weighted by molar-refractivity contribution is 7.92. The molecule has 154 valence electrons. The molecule has 1 amide bonds. The van der Waals surface area contributed by atoms with Crippen molar-refractivity contribution in [3.8, 4) is 0 Å². The standard InChI is InChI=1S/C21H25N3O3S2/c1-2-22-14-19(18-8-13-28-20(18)15-22)23-9-11-24(12-10-23)21(25)16-29(26,27)17-6-4-3-5-7-17/h3-8,13-14H,2,9-12,15-16H2,1H3. The smallest absolute Gasteiger partial charge is 0.238 e. The first-order chi connectivity index (χ1) is 14.0. The molecule has 0 radical (unpaired) electrons. The highest BCUT2D eigenvalue weighted by atomic mass is 32.2. The molecule has 1 aromatic carbocycles. The summed E-state index contributed by atoms with van der Waals surface area (Å²) in [6.07, 6.45) is 2.21. The topological polar surface area (TPSA) is 60.9 Å². The van der Waals surface area contributed by atoms with Crippen LogP contribution in [0.2, 0.25) is 0 Å². The second-order valence-electron chi connectivity index (χ2n) is 7.27. The fourth-order valence-electron chi connectivity index (χ4n) is 3.78. The number of rotatable bonds is 5. The van der Waals surface area contributed by atoms with Gasteiger partial charge in [0.2, 0.25) is 5.91 Å². The van der Waals surface area contributed by atoms with Gasteiger partial charge in [-0.1, -0.05) is 18.2 Å². The Morgan fingerprint density at radius 3 is 2.48 bits per heavy atom. The number of nitrogens with zero attached hydrogens (tertiary/aromatic N) is 3. The van der Waals surface area contributed by atoms with Crippen molar-refractivity contribution >= 4 is 32.8 Å². The van der Waals surface area contributed by atoms with Gasteiger partial charge in [-0.2, -0.15) is 0 Å². The van der Waals surface area contributed by atoms with Crippen molar-refractivity contribution in [3.63, 3.8) is 0 Å². The molecule has 0 unspecified atom stereocenters. The fraction of sp³-hybridized carbons (Fsp3) is 0.381. The second-order valence-corrected chi connectivity index (χ2v) is 10.3. The molecule has 0 bridgehead atoms. The Morgan fingerprint density at radius 2 is 1.79 bits per heavy atom. The lowest BCUT2D eigenvalue weighted by atomic mass is 10.1. The minimum Gasteiger partial charge on any atom is -0.371 e. The number of carbonyl (C=O) groups excluding carboxylic acids is 1. The van der Waals surface area contributed by atoms with E-state index in [1.165, 1.54) is 28.3 Å². The summed E-state index contributed by atoms with van der Waals surface area (Å²) >= 11 is 1.78. The van der Waals surface area contributed by atoms with E-state index in [9.17, 15) is 13.2 Å². The molecule has 0 spiro atoms. The Bertz CT molecular complexity index is 1010. The lowest BCUT2D eigenvalue weighted by Gasteiger charge is -2.39. The van der Waals surface area contributed by atoms with E-state index in [-0.39, 0.29) is 10.8 Å². The lowest BCUT2D eigenvalue weighted by Crippen LogP contribution is -2.49. The van der Waals surface area contributed by atoms with Crippen LogP contribution in [0.3, 0.4) is 0 Å². The maximum absolute atomic E-state index is 12.6. The van der Waals surface area contributed by atoms with E-state index in [2.05, 4.69) is 34.4 Å². The van der Waals surface area contributed by atoms with Crippen LogP contribution in [0.25, 0.3) is 5.70 Å². The third-order valence-corrected chi connectivity index (χ3v) is 7.99. The molecule has 4 rings (SSSR count).